The standard InChI is InChI=1S/C18H34N4.HI/c1-3-19-18(20-11-5-6-14-9-10-14)21-15-12-16-7-4-8-17(13-15)22(16)2;/h14-17H,3-13H2,1-2H3,(H2,19,20,21);1H. The van der Waals surface area contributed by atoms with Crippen molar-refractivity contribution in [2.45, 2.75) is 82.8 Å². The monoisotopic (exact) mass is 434 g/mol. The number of nitrogens with zero attached hydrogens (tertiary/aromatic N) is 2. The summed E-state index contributed by atoms with van der Waals surface area (Å²) >= 11 is 0. The maximum Gasteiger partial charge on any atom is 0.191 e. The Morgan fingerprint density at radius 3 is 2.43 bits per heavy atom. The largest absolute Gasteiger partial charge is 0.357 e. The average molecular weight is 434 g/mol. The van der Waals surface area contributed by atoms with Crippen LogP contribution in [0, 0.1) is 5.92 Å². The molecule has 3 fully saturated rings. The minimum absolute atomic E-state index is 0. The highest BCUT2D eigenvalue weighted by molar-refractivity contribution is 14.0. The van der Waals surface area contributed by atoms with Crippen molar-refractivity contribution in [3.8, 4) is 0 Å². The van der Waals surface area contributed by atoms with Crippen LogP contribution in [0.5, 0.6) is 0 Å². The Balaban J connectivity index is 0.00000192. The van der Waals surface area contributed by atoms with E-state index in [2.05, 4.69) is 29.5 Å². The normalized spacial score (nSPS) is 31.4. The lowest BCUT2D eigenvalue weighted by atomic mass is 9.82. The van der Waals surface area contributed by atoms with E-state index in [0.717, 1.165) is 37.1 Å². The lowest BCUT2D eigenvalue weighted by Crippen LogP contribution is -2.56. The molecule has 134 valence electrons. The van der Waals surface area contributed by atoms with E-state index in [1.54, 1.807) is 0 Å². The molecule has 1 saturated carbocycles. The van der Waals surface area contributed by atoms with E-state index in [1.165, 1.54) is 57.8 Å². The van der Waals surface area contributed by atoms with Crippen molar-refractivity contribution in [3.63, 3.8) is 0 Å². The highest BCUT2D eigenvalue weighted by Gasteiger charge is 2.36. The van der Waals surface area contributed by atoms with Crippen molar-refractivity contribution in [1.29, 1.82) is 0 Å². The number of hydrogen-bond donors (Lipinski definition) is 2. The molecule has 0 amide bonds. The summed E-state index contributed by atoms with van der Waals surface area (Å²) in [6.07, 6.45) is 12.3. The van der Waals surface area contributed by atoms with Crippen LogP contribution in [-0.2, 0) is 0 Å². The molecule has 1 aliphatic carbocycles. The molecular formula is C18H35IN4. The van der Waals surface area contributed by atoms with Gasteiger partial charge in [-0.15, -0.1) is 24.0 Å². The SMILES string of the molecule is CCNC(=NCCCC1CC1)NC1CC2CCCC(C1)N2C.I. The van der Waals surface area contributed by atoms with Crippen LogP contribution in [0.25, 0.3) is 0 Å². The molecule has 0 aromatic heterocycles. The molecule has 0 radical (unpaired) electrons. The number of fused-ring (bicyclic) bond motifs is 2. The van der Waals surface area contributed by atoms with Gasteiger partial charge in [-0.1, -0.05) is 19.3 Å². The highest BCUT2D eigenvalue weighted by atomic mass is 127. The lowest BCUT2D eigenvalue weighted by Gasteiger charge is -2.47. The van der Waals surface area contributed by atoms with Crippen molar-refractivity contribution in [2.24, 2.45) is 10.9 Å². The molecule has 2 heterocycles. The first-order chi connectivity index (χ1) is 10.8. The molecule has 3 aliphatic rings. The molecule has 2 unspecified atom stereocenters. The van der Waals surface area contributed by atoms with Gasteiger partial charge in [0.2, 0.25) is 0 Å². The molecule has 2 saturated heterocycles. The van der Waals surface area contributed by atoms with E-state index in [-0.39, 0.29) is 24.0 Å². The first-order valence-corrected chi connectivity index (χ1v) is 9.53. The number of hydrogen-bond acceptors (Lipinski definition) is 2. The number of piperidine rings is 2. The first-order valence-electron chi connectivity index (χ1n) is 9.53. The fourth-order valence-corrected chi connectivity index (χ4v) is 4.22. The van der Waals surface area contributed by atoms with E-state index < -0.39 is 0 Å². The van der Waals surface area contributed by atoms with Gasteiger partial charge in [-0.25, -0.2) is 0 Å². The summed E-state index contributed by atoms with van der Waals surface area (Å²) in [5.41, 5.74) is 0. The summed E-state index contributed by atoms with van der Waals surface area (Å²) in [4.78, 5) is 7.43. The molecule has 0 spiro atoms. The minimum atomic E-state index is 0. The van der Waals surface area contributed by atoms with Gasteiger partial charge in [-0.3, -0.25) is 4.99 Å². The minimum Gasteiger partial charge on any atom is -0.357 e. The van der Waals surface area contributed by atoms with Crippen LogP contribution in [0.3, 0.4) is 0 Å². The Kier molecular flexibility index (Phi) is 7.92. The van der Waals surface area contributed by atoms with Gasteiger partial charge in [-0.2, -0.15) is 0 Å². The van der Waals surface area contributed by atoms with Gasteiger partial charge in [0.25, 0.3) is 0 Å². The summed E-state index contributed by atoms with van der Waals surface area (Å²) in [6, 6.07) is 2.17. The van der Waals surface area contributed by atoms with Crippen molar-refractivity contribution in [1.82, 2.24) is 15.5 Å². The van der Waals surface area contributed by atoms with Crippen molar-refractivity contribution in [2.75, 3.05) is 20.1 Å². The molecule has 0 aromatic carbocycles. The predicted octanol–water partition coefficient (Wildman–Crippen LogP) is 3.37. The Morgan fingerprint density at radius 2 is 1.83 bits per heavy atom. The molecule has 2 bridgehead atoms. The Hall–Kier alpha value is -0.0400. The molecule has 2 aliphatic heterocycles. The van der Waals surface area contributed by atoms with Gasteiger partial charge in [-0.05, 0) is 58.4 Å². The number of aliphatic imine (C=N–C) groups is 1. The van der Waals surface area contributed by atoms with Gasteiger partial charge in [0.05, 0.1) is 0 Å². The lowest BCUT2D eigenvalue weighted by molar-refractivity contribution is 0.0526. The van der Waals surface area contributed by atoms with E-state index >= 15 is 0 Å². The van der Waals surface area contributed by atoms with Crippen LogP contribution in [0.15, 0.2) is 4.99 Å². The van der Waals surface area contributed by atoms with Crippen molar-refractivity contribution in [3.05, 3.63) is 0 Å². The van der Waals surface area contributed by atoms with Gasteiger partial charge < -0.3 is 15.5 Å². The van der Waals surface area contributed by atoms with Crippen LogP contribution in [-0.4, -0.2) is 49.1 Å². The summed E-state index contributed by atoms with van der Waals surface area (Å²) in [5, 5.41) is 7.16. The second kappa shape index (κ2) is 9.44. The smallest absolute Gasteiger partial charge is 0.191 e. The number of rotatable bonds is 6. The Bertz CT molecular complexity index is 369. The second-order valence-corrected chi connectivity index (χ2v) is 7.56. The van der Waals surface area contributed by atoms with Gasteiger partial charge in [0.1, 0.15) is 0 Å². The first kappa shape index (κ1) is 19.3. The predicted molar refractivity (Wildman–Crippen MR) is 109 cm³/mol. The molecule has 3 rings (SSSR count). The zero-order valence-electron chi connectivity index (χ0n) is 14.9. The fraction of sp³-hybridized carbons (Fsp3) is 0.944. The Morgan fingerprint density at radius 1 is 1.13 bits per heavy atom. The maximum absolute atomic E-state index is 4.80. The van der Waals surface area contributed by atoms with Crippen LogP contribution >= 0.6 is 24.0 Å². The Labute approximate surface area is 159 Å². The summed E-state index contributed by atoms with van der Waals surface area (Å²) < 4.78 is 0. The molecule has 23 heavy (non-hydrogen) atoms. The summed E-state index contributed by atoms with van der Waals surface area (Å²) in [6.45, 7) is 4.09. The van der Waals surface area contributed by atoms with E-state index in [4.69, 9.17) is 4.99 Å². The van der Waals surface area contributed by atoms with Gasteiger partial charge in [0, 0.05) is 31.2 Å². The van der Waals surface area contributed by atoms with Gasteiger partial charge in [0.15, 0.2) is 5.96 Å². The third-order valence-corrected chi connectivity index (χ3v) is 5.76. The highest BCUT2D eigenvalue weighted by Crippen LogP contribution is 2.33. The molecule has 5 heteroatoms. The van der Waals surface area contributed by atoms with Crippen LogP contribution in [0.4, 0.5) is 0 Å². The average Bonchev–Trinajstić information content (AvgIpc) is 3.29. The van der Waals surface area contributed by atoms with Crippen LogP contribution in [0.1, 0.15) is 64.7 Å². The van der Waals surface area contributed by atoms with Crippen LogP contribution < -0.4 is 10.6 Å². The topological polar surface area (TPSA) is 39.7 Å². The summed E-state index contributed by atoms with van der Waals surface area (Å²) in [7, 11) is 2.32. The quantitative estimate of drug-likeness (QED) is 0.292. The third kappa shape index (κ3) is 5.76. The van der Waals surface area contributed by atoms with Crippen LogP contribution in [0.2, 0.25) is 0 Å². The number of nitrogens with one attached hydrogen (secondary N) is 2. The van der Waals surface area contributed by atoms with E-state index in [0.29, 0.717) is 6.04 Å². The van der Waals surface area contributed by atoms with E-state index in [9.17, 15) is 0 Å². The maximum atomic E-state index is 4.80. The van der Waals surface area contributed by atoms with Crippen molar-refractivity contribution >= 4 is 29.9 Å². The fourth-order valence-electron chi connectivity index (χ4n) is 4.22. The zero-order valence-corrected chi connectivity index (χ0v) is 17.2. The molecule has 2 N–H and O–H groups in total. The molecule has 0 aromatic rings. The zero-order chi connectivity index (χ0) is 15.4. The second-order valence-electron chi connectivity index (χ2n) is 7.56. The van der Waals surface area contributed by atoms with E-state index in [1.807, 2.05) is 0 Å². The molecule has 4 nitrogen and oxygen atoms in total. The third-order valence-electron chi connectivity index (χ3n) is 5.76. The number of halogens is 1. The molecule has 2 atom stereocenters. The van der Waals surface area contributed by atoms with Crippen molar-refractivity contribution < 1.29 is 0 Å². The molecular weight excluding hydrogens is 399 g/mol. The summed E-state index contributed by atoms with van der Waals surface area (Å²) in [5.74, 6) is 2.07. The number of guanidine groups is 1. The van der Waals surface area contributed by atoms with Gasteiger partial charge >= 0.3 is 0 Å².